The Morgan fingerprint density at radius 2 is 2.00 bits per heavy atom. The van der Waals surface area contributed by atoms with Gasteiger partial charge >= 0.3 is 0 Å². The maximum atomic E-state index is 9.51. The van der Waals surface area contributed by atoms with E-state index in [9.17, 15) is 5.11 Å². The molecule has 106 valence electrons. The van der Waals surface area contributed by atoms with Gasteiger partial charge in [-0.25, -0.2) is 0 Å². The van der Waals surface area contributed by atoms with Gasteiger partial charge in [0, 0.05) is 5.41 Å². The molecule has 2 atom stereocenters. The molecule has 0 heterocycles. The molecule has 0 fully saturated rings. The second-order valence-corrected chi connectivity index (χ2v) is 5.18. The number of ether oxygens (including phenoxy) is 2. The third kappa shape index (κ3) is 4.37. The van der Waals surface area contributed by atoms with Crippen LogP contribution in [0.2, 0.25) is 0 Å². The zero-order valence-corrected chi connectivity index (χ0v) is 12.1. The molecule has 1 rings (SSSR count). The fourth-order valence-corrected chi connectivity index (χ4v) is 1.73. The second kappa shape index (κ2) is 7.31. The number of hydrogen-bond donors (Lipinski definition) is 1. The highest BCUT2D eigenvalue weighted by Gasteiger charge is 2.28. The number of benzene rings is 1. The van der Waals surface area contributed by atoms with E-state index in [1.165, 1.54) is 0 Å². The monoisotopic (exact) mass is 264 g/mol. The van der Waals surface area contributed by atoms with Crippen molar-refractivity contribution in [3.05, 3.63) is 42.5 Å². The number of hydrogen-bond acceptors (Lipinski definition) is 3. The minimum absolute atomic E-state index is 0.0861. The minimum atomic E-state index is -0.284. The van der Waals surface area contributed by atoms with Crippen molar-refractivity contribution in [2.24, 2.45) is 11.3 Å². The van der Waals surface area contributed by atoms with Crippen LogP contribution < -0.4 is 4.74 Å². The van der Waals surface area contributed by atoms with Crippen molar-refractivity contribution < 1.29 is 14.6 Å². The van der Waals surface area contributed by atoms with E-state index in [2.05, 4.69) is 6.58 Å². The van der Waals surface area contributed by atoms with Gasteiger partial charge in [-0.15, -0.1) is 6.58 Å². The van der Waals surface area contributed by atoms with Crippen molar-refractivity contribution in [2.45, 2.75) is 20.5 Å². The summed E-state index contributed by atoms with van der Waals surface area (Å²) in [5.41, 5.74) is 0.807. The van der Waals surface area contributed by atoms with Gasteiger partial charge < -0.3 is 14.6 Å². The van der Waals surface area contributed by atoms with E-state index in [1.54, 1.807) is 7.11 Å². The van der Waals surface area contributed by atoms with Crippen molar-refractivity contribution in [3.63, 3.8) is 0 Å². The number of rotatable bonds is 8. The SMILES string of the molecule is C=C[C@@H](C)[C@](C)(CO)COCc1ccc(OC)cc1. The molecule has 0 spiro atoms. The van der Waals surface area contributed by atoms with Crippen LogP contribution >= 0.6 is 0 Å². The summed E-state index contributed by atoms with van der Waals surface area (Å²) < 4.78 is 10.8. The molecule has 19 heavy (non-hydrogen) atoms. The summed E-state index contributed by atoms with van der Waals surface area (Å²) in [6.07, 6.45) is 1.85. The number of aliphatic hydroxyl groups excluding tert-OH is 1. The number of allylic oxidation sites excluding steroid dienone is 1. The highest BCUT2D eigenvalue weighted by Crippen LogP contribution is 2.28. The summed E-state index contributed by atoms with van der Waals surface area (Å²) in [4.78, 5) is 0. The highest BCUT2D eigenvalue weighted by molar-refractivity contribution is 5.26. The van der Waals surface area contributed by atoms with Gasteiger partial charge in [0.25, 0.3) is 0 Å². The fraction of sp³-hybridized carbons (Fsp3) is 0.500. The van der Waals surface area contributed by atoms with Gasteiger partial charge in [-0.1, -0.05) is 32.1 Å². The molecule has 1 aromatic rings. The molecule has 0 aliphatic rings. The Bertz CT molecular complexity index is 385. The van der Waals surface area contributed by atoms with Gasteiger partial charge in [0.1, 0.15) is 5.75 Å². The van der Waals surface area contributed by atoms with Crippen LogP contribution in [0.1, 0.15) is 19.4 Å². The van der Waals surface area contributed by atoms with Crippen LogP contribution in [-0.4, -0.2) is 25.4 Å². The van der Waals surface area contributed by atoms with E-state index < -0.39 is 0 Å². The molecule has 0 aliphatic carbocycles. The Labute approximate surface area is 115 Å². The first kappa shape index (κ1) is 15.7. The standard InChI is InChI=1S/C16H24O3/c1-5-13(2)16(3,11-17)12-19-10-14-6-8-15(18-4)9-7-14/h5-9,13,17H,1,10-12H2,2-4H3/t13-,16-/m1/s1. The summed E-state index contributed by atoms with van der Waals surface area (Å²) in [5.74, 6) is 1.04. The molecule has 0 aromatic heterocycles. The maximum Gasteiger partial charge on any atom is 0.118 e. The fourth-order valence-electron chi connectivity index (χ4n) is 1.73. The number of aliphatic hydroxyl groups is 1. The summed E-state index contributed by atoms with van der Waals surface area (Å²) in [6.45, 7) is 8.95. The predicted molar refractivity (Wildman–Crippen MR) is 77.2 cm³/mol. The molecule has 0 saturated carbocycles. The van der Waals surface area contributed by atoms with E-state index in [1.807, 2.05) is 44.2 Å². The lowest BCUT2D eigenvalue weighted by Crippen LogP contribution is -2.33. The van der Waals surface area contributed by atoms with Crippen LogP contribution in [-0.2, 0) is 11.3 Å². The normalized spacial score (nSPS) is 15.6. The first-order valence-electron chi connectivity index (χ1n) is 6.50. The molecule has 0 radical (unpaired) electrons. The number of methoxy groups -OCH3 is 1. The van der Waals surface area contributed by atoms with Gasteiger partial charge in [0.05, 0.1) is 26.9 Å². The average molecular weight is 264 g/mol. The van der Waals surface area contributed by atoms with Crippen molar-refractivity contribution in [2.75, 3.05) is 20.3 Å². The van der Waals surface area contributed by atoms with Gasteiger partial charge in [-0.2, -0.15) is 0 Å². The molecule has 1 N–H and O–H groups in total. The van der Waals surface area contributed by atoms with Crippen LogP contribution in [0.15, 0.2) is 36.9 Å². The zero-order valence-electron chi connectivity index (χ0n) is 12.1. The minimum Gasteiger partial charge on any atom is -0.497 e. The molecule has 3 nitrogen and oxygen atoms in total. The van der Waals surface area contributed by atoms with E-state index in [-0.39, 0.29) is 17.9 Å². The first-order valence-corrected chi connectivity index (χ1v) is 6.50. The predicted octanol–water partition coefficient (Wildman–Crippen LogP) is 3.03. The Morgan fingerprint density at radius 1 is 1.37 bits per heavy atom. The van der Waals surface area contributed by atoms with Crippen LogP contribution in [0.4, 0.5) is 0 Å². The lowest BCUT2D eigenvalue weighted by molar-refractivity contribution is -0.0104. The summed E-state index contributed by atoms with van der Waals surface area (Å²) >= 11 is 0. The second-order valence-electron chi connectivity index (χ2n) is 5.18. The Balaban J connectivity index is 2.49. The molecule has 0 bridgehead atoms. The molecule has 0 aliphatic heterocycles. The van der Waals surface area contributed by atoms with Gasteiger partial charge in [-0.05, 0) is 23.6 Å². The Kier molecular flexibility index (Phi) is 6.06. The first-order chi connectivity index (χ1) is 9.05. The Morgan fingerprint density at radius 3 is 2.47 bits per heavy atom. The maximum absolute atomic E-state index is 9.51. The van der Waals surface area contributed by atoms with Crippen LogP contribution in [0, 0.1) is 11.3 Å². The third-order valence-corrected chi connectivity index (χ3v) is 3.67. The van der Waals surface area contributed by atoms with E-state index in [0.29, 0.717) is 13.2 Å². The third-order valence-electron chi connectivity index (χ3n) is 3.67. The van der Waals surface area contributed by atoms with Crippen LogP contribution in [0.3, 0.4) is 0 Å². The van der Waals surface area contributed by atoms with E-state index in [0.717, 1.165) is 11.3 Å². The van der Waals surface area contributed by atoms with Crippen molar-refractivity contribution in [1.29, 1.82) is 0 Å². The van der Waals surface area contributed by atoms with Gasteiger partial charge in [0.2, 0.25) is 0 Å². The molecule has 0 amide bonds. The summed E-state index contributed by atoms with van der Waals surface area (Å²) in [6, 6.07) is 7.78. The van der Waals surface area contributed by atoms with Gasteiger partial charge in [-0.3, -0.25) is 0 Å². The highest BCUT2D eigenvalue weighted by atomic mass is 16.5. The van der Waals surface area contributed by atoms with E-state index in [4.69, 9.17) is 9.47 Å². The lowest BCUT2D eigenvalue weighted by Gasteiger charge is -2.31. The topological polar surface area (TPSA) is 38.7 Å². The zero-order chi connectivity index (χ0) is 14.3. The van der Waals surface area contributed by atoms with E-state index >= 15 is 0 Å². The van der Waals surface area contributed by atoms with Crippen molar-refractivity contribution in [3.8, 4) is 5.75 Å². The van der Waals surface area contributed by atoms with Crippen molar-refractivity contribution in [1.82, 2.24) is 0 Å². The van der Waals surface area contributed by atoms with Gasteiger partial charge in [0.15, 0.2) is 0 Å². The average Bonchev–Trinajstić information content (AvgIpc) is 2.46. The molecule has 0 unspecified atom stereocenters. The molecule has 3 heteroatoms. The molecule has 1 aromatic carbocycles. The largest absolute Gasteiger partial charge is 0.497 e. The Hall–Kier alpha value is -1.32. The molecule has 0 saturated heterocycles. The molecular formula is C16H24O3. The smallest absolute Gasteiger partial charge is 0.118 e. The van der Waals surface area contributed by atoms with Crippen LogP contribution in [0.25, 0.3) is 0 Å². The van der Waals surface area contributed by atoms with Crippen molar-refractivity contribution >= 4 is 0 Å². The quantitative estimate of drug-likeness (QED) is 0.733. The molecular weight excluding hydrogens is 240 g/mol. The van der Waals surface area contributed by atoms with Crippen LogP contribution in [0.5, 0.6) is 5.75 Å². The summed E-state index contributed by atoms with van der Waals surface area (Å²) in [5, 5.41) is 9.51. The lowest BCUT2D eigenvalue weighted by atomic mass is 9.79. The summed E-state index contributed by atoms with van der Waals surface area (Å²) in [7, 11) is 1.65.